The van der Waals surface area contributed by atoms with Gasteiger partial charge in [-0.1, -0.05) is 26.7 Å². The highest BCUT2D eigenvalue weighted by molar-refractivity contribution is 7.99. The summed E-state index contributed by atoms with van der Waals surface area (Å²) < 4.78 is 2.16. The van der Waals surface area contributed by atoms with Crippen LogP contribution in [0.2, 0.25) is 0 Å². The Morgan fingerprint density at radius 3 is 2.67 bits per heavy atom. The molecular weight excluding hydrogens is 278 g/mol. The van der Waals surface area contributed by atoms with E-state index >= 15 is 0 Å². The van der Waals surface area contributed by atoms with Crippen molar-refractivity contribution in [3.05, 3.63) is 18.0 Å². The van der Waals surface area contributed by atoms with Crippen LogP contribution in [0.15, 0.2) is 12.3 Å². The highest BCUT2D eigenvalue weighted by Crippen LogP contribution is 2.30. The number of thioether (sulfide) groups is 1. The van der Waals surface area contributed by atoms with Gasteiger partial charge in [0.25, 0.3) is 0 Å². The van der Waals surface area contributed by atoms with E-state index < -0.39 is 0 Å². The van der Waals surface area contributed by atoms with Gasteiger partial charge in [-0.05, 0) is 38.8 Å². The fourth-order valence-electron chi connectivity index (χ4n) is 3.16. The van der Waals surface area contributed by atoms with Crippen molar-refractivity contribution >= 4 is 11.8 Å². The van der Waals surface area contributed by atoms with Gasteiger partial charge >= 0.3 is 0 Å². The molecule has 0 radical (unpaired) electrons. The van der Waals surface area contributed by atoms with Gasteiger partial charge in [0.1, 0.15) is 0 Å². The van der Waals surface area contributed by atoms with Gasteiger partial charge in [0.15, 0.2) is 0 Å². The van der Waals surface area contributed by atoms with Crippen molar-refractivity contribution in [1.82, 2.24) is 15.1 Å². The first kappa shape index (κ1) is 16.9. The first-order valence-electron chi connectivity index (χ1n) is 8.59. The first-order valence-corrected chi connectivity index (χ1v) is 9.64. The molecule has 21 heavy (non-hydrogen) atoms. The Bertz CT molecular complexity index is 394. The van der Waals surface area contributed by atoms with Crippen LogP contribution in [0.1, 0.15) is 64.1 Å². The summed E-state index contributed by atoms with van der Waals surface area (Å²) in [4.78, 5) is 0. The number of aromatic nitrogens is 2. The minimum absolute atomic E-state index is 0.542. The van der Waals surface area contributed by atoms with E-state index in [0.29, 0.717) is 12.1 Å². The summed E-state index contributed by atoms with van der Waals surface area (Å²) in [7, 11) is 2.08. The molecule has 1 unspecified atom stereocenters. The number of nitrogens with one attached hydrogen (secondary N) is 1. The van der Waals surface area contributed by atoms with Crippen LogP contribution in [0.5, 0.6) is 0 Å². The summed E-state index contributed by atoms with van der Waals surface area (Å²) in [5.74, 6) is 1.21. The van der Waals surface area contributed by atoms with Crippen LogP contribution in [0.25, 0.3) is 0 Å². The van der Waals surface area contributed by atoms with Gasteiger partial charge in [-0.2, -0.15) is 16.9 Å². The van der Waals surface area contributed by atoms with Gasteiger partial charge in [0, 0.05) is 29.7 Å². The van der Waals surface area contributed by atoms with E-state index in [-0.39, 0.29) is 0 Å². The molecule has 0 aromatic carbocycles. The topological polar surface area (TPSA) is 29.9 Å². The summed E-state index contributed by atoms with van der Waals surface area (Å²) in [6, 6.07) is 3.29. The molecule has 1 aliphatic rings. The summed E-state index contributed by atoms with van der Waals surface area (Å²) in [6.07, 6.45) is 11.2. The van der Waals surface area contributed by atoms with Crippen LogP contribution in [-0.4, -0.2) is 33.9 Å². The summed E-state index contributed by atoms with van der Waals surface area (Å²) in [6.45, 7) is 4.48. The summed E-state index contributed by atoms with van der Waals surface area (Å²) >= 11 is 2.16. The number of likely N-dealkylation sites (N-methyl/N-ethyl adjacent to an activating group) is 1. The second kappa shape index (κ2) is 8.84. The highest BCUT2D eigenvalue weighted by Gasteiger charge is 2.18. The molecule has 1 aliphatic carbocycles. The molecule has 0 spiro atoms. The quantitative estimate of drug-likeness (QED) is 0.746. The van der Waals surface area contributed by atoms with Crippen molar-refractivity contribution in [2.75, 3.05) is 12.8 Å². The van der Waals surface area contributed by atoms with Crippen molar-refractivity contribution in [2.45, 2.75) is 76.1 Å². The van der Waals surface area contributed by atoms with Crippen molar-refractivity contribution in [2.24, 2.45) is 0 Å². The Labute approximate surface area is 134 Å². The van der Waals surface area contributed by atoms with Crippen molar-refractivity contribution in [3.8, 4) is 0 Å². The van der Waals surface area contributed by atoms with Crippen LogP contribution in [-0.2, 0) is 6.42 Å². The second-order valence-corrected chi connectivity index (χ2v) is 7.52. The maximum absolute atomic E-state index is 4.79. The minimum atomic E-state index is 0.542. The van der Waals surface area contributed by atoms with E-state index in [0.717, 1.165) is 24.5 Å². The lowest BCUT2D eigenvalue weighted by atomic mass is 10.2. The van der Waals surface area contributed by atoms with Crippen molar-refractivity contribution in [3.63, 3.8) is 0 Å². The molecule has 1 fully saturated rings. The van der Waals surface area contributed by atoms with Crippen molar-refractivity contribution in [1.29, 1.82) is 0 Å². The average molecular weight is 310 g/mol. The maximum Gasteiger partial charge on any atom is 0.0640 e. The van der Waals surface area contributed by atoms with Gasteiger partial charge in [0.2, 0.25) is 0 Å². The Balaban J connectivity index is 1.83. The normalized spacial score (nSPS) is 17.7. The standard InChI is InChI=1S/C17H31N3S/c1-4-16(5-2)20-11-10-14(19-20)12-15(18-3)13-21-17-8-6-7-9-17/h10-11,15-18H,4-9,12-13H2,1-3H3. The zero-order valence-electron chi connectivity index (χ0n) is 13.8. The van der Waals surface area contributed by atoms with Crippen LogP contribution < -0.4 is 5.32 Å². The smallest absolute Gasteiger partial charge is 0.0640 e. The molecule has 0 amide bonds. The Morgan fingerprint density at radius 2 is 2.05 bits per heavy atom. The van der Waals surface area contributed by atoms with Crippen LogP contribution in [0.4, 0.5) is 0 Å². The Hall–Kier alpha value is -0.480. The van der Waals surface area contributed by atoms with Crippen LogP contribution in [0.3, 0.4) is 0 Å². The number of hydrogen-bond donors (Lipinski definition) is 1. The third-order valence-electron chi connectivity index (χ3n) is 4.68. The third-order valence-corrected chi connectivity index (χ3v) is 6.22. The van der Waals surface area contributed by atoms with E-state index in [9.17, 15) is 0 Å². The van der Waals surface area contributed by atoms with E-state index in [1.807, 2.05) is 0 Å². The SMILES string of the molecule is CCC(CC)n1ccc(CC(CSC2CCCC2)NC)n1. The highest BCUT2D eigenvalue weighted by atomic mass is 32.2. The zero-order valence-corrected chi connectivity index (χ0v) is 14.7. The molecule has 0 bridgehead atoms. The number of rotatable bonds is 9. The molecule has 4 heteroatoms. The molecule has 1 aromatic heterocycles. The predicted molar refractivity (Wildman–Crippen MR) is 93.1 cm³/mol. The molecular formula is C17H31N3S. The molecule has 1 aromatic rings. The van der Waals surface area contributed by atoms with Gasteiger partial charge in [-0.25, -0.2) is 0 Å². The second-order valence-electron chi connectivity index (χ2n) is 6.19. The first-order chi connectivity index (χ1) is 10.3. The summed E-state index contributed by atoms with van der Waals surface area (Å²) in [5, 5.41) is 9.16. The number of nitrogens with zero attached hydrogens (tertiary/aromatic N) is 2. The number of hydrogen-bond acceptors (Lipinski definition) is 3. The molecule has 1 N–H and O–H groups in total. The fraction of sp³-hybridized carbons (Fsp3) is 0.824. The van der Waals surface area contributed by atoms with E-state index in [1.54, 1.807) is 0 Å². The van der Waals surface area contributed by atoms with Gasteiger partial charge < -0.3 is 5.32 Å². The van der Waals surface area contributed by atoms with E-state index in [4.69, 9.17) is 5.10 Å². The summed E-state index contributed by atoms with van der Waals surface area (Å²) in [5.41, 5.74) is 1.23. The van der Waals surface area contributed by atoms with Crippen LogP contribution >= 0.6 is 11.8 Å². The van der Waals surface area contributed by atoms with E-state index in [1.165, 1.54) is 37.1 Å². The zero-order chi connectivity index (χ0) is 15.1. The lowest BCUT2D eigenvalue weighted by molar-refractivity contribution is 0.424. The maximum atomic E-state index is 4.79. The lowest BCUT2D eigenvalue weighted by Crippen LogP contribution is -2.31. The van der Waals surface area contributed by atoms with Gasteiger partial charge in [0.05, 0.1) is 11.7 Å². The molecule has 3 nitrogen and oxygen atoms in total. The predicted octanol–water partition coefficient (Wildman–Crippen LogP) is 4.05. The lowest BCUT2D eigenvalue weighted by Gasteiger charge is -2.17. The largest absolute Gasteiger partial charge is 0.316 e. The molecule has 0 aliphatic heterocycles. The fourth-order valence-corrected chi connectivity index (χ4v) is 4.61. The molecule has 0 saturated heterocycles. The Morgan fingerprint density at radius 1 is 1.33 bits per heavy atom. The van der Waals surface area contributed by atoms with E-state index in [2.05, 4.69) is 54.9 Å². The molecule has 120 valence electrons. The minimum Gasteiger partial charge on any atom is -0.316 e. The van der Waals surface area contributed by atoms with Crippen LogP contribution in [0, 0.1) is 0 Å². The van der Waals surface area contributed by atoms with Gasteiger partial charge in [-0.3, -0.25) is 4.68 Å². The van der Waals surface area contributed by atoms with Crippen molar-refractivity contribution < 1.29 is 0 Å². The molecule has 1 atom stereocenters. The molecule has 1 heterocycles. The molecule has 1 saturated carbocycles. The monoisotopic (exact) mass is 309 g/mol. The third kappa shape index (κ3) is 5.03. The average Bonchev–Trinajstić information content (AvgIpc) is 3.16. The van der Waals surface area contributed by atoms with Gasteiger partial charge in [-0.15, -0.1) is 0 Å². The Kier molecular flexibility index (Phi) is 7.11. The molecule has 2 rings (SSSR count).